The summed E-state index contributed by atoms with van der Waals surface area (Å²) in [5.41, 5.74) is 0.00931. The van der Waals surface area contributed by atoms with Crippen LogP contribution in [0, 0.1) is 5.82 Å². The summed E-state index contributed by atoms with van der Waals surface area (Å²) in [6.45, 7) is 0. The lowest BCUT2D eigenvalue weighted by Crippen LogP contribution is -2.41. The summed E-state index contributed by atoms with van der Waals surface area (Å²) in [7, 11) is 1.32. The summed E-state index contributed by atoms with van der Waals surface area (Å²) in [6.07, 6.45) is -1.45. The maximum Gasteiger partial charge on any atom is 0.340 e. The Morgan fingerprint density at radius 3 is 2.35 bits per heavy atom. The molecule has 0 aliphatic rings. The first kappa shape index (κ1) is 19.7. The first-order chi connectivity index (χ1) is 12.3. The average Bonchev–Trinajstić information content (AvgIpc) is 2.62. The first-order valence-corrected chi connectivity index (χ1v) is 8.02. The fraction of sp³-hybridized carbons (Fsp3) is 0.118. The minimum Gasteiger partial charge on any atom is -0.444 e. The van der Waals surface area contributed by atoms with E-state index in [2.05, 4.69) is 5.32 Å². The van der Waals surface area contributed by atoms with Crippen molar-refractivity contribution in [1.82, 2.24) is 10.6 Å². The molecule has 0 unspecified atom stereocenters. The van der Waals surface area contributed by atoms with Crippen molar-refractivity contribution in [1.29, 1.82) is 0 Å². The van der Waals surface area contributed by atoms with Gasteiger partial charge in [0.1, 0.15) is 5.82 Å². The van der Waals surface area contributed by atoms with Crippen LogP contribution >= 0.6 is 23.2 Å². The van der Waals surface area contributed by atoms with E-state index in [1.165, 1.54) is 19.2 Å². The second-order valence-corrected chi connectivity index (χ2v) is 5.82. The molecule has 0 heterocycles. The molecule has 2 aromatic rings. The standard InChI is InChI=1S/C17H13Cl2FN2O4/c1-21-17(25)22-15(23)14(9-5-3-2-4-6-9)26-16(24)10-7-13(20)12(19)8-11(10)18/h2-8,14H,1H3,(H2,21,22,23,25)/t14-/m0/s1. The number of nitrogens with one attached hydrogen (secondary N) is 2. The Labute approximate surface area is 158 Å². The number of esters is 1. The molecule has 0 saturated heterocycles. The topological polar surface area (TPSA) is 84.5 Å². The van der Waals surface area contributed by atoms with Gasteiger partial charge in [-0.3, -0.25) is 10.1 Å². The third kappa shape index (κ3) is 4.71. The zero-order valence-corrected chi connectivity index (χ0v) is 14.9. The van der Waals surface area contributed by atoms with E-state index in [4.69, 9.17) is 27.9 Å². The van der Waals surface area contributed by atoms with Crippen LogP contribution < -0.4 is 10.6 Å². The highest BCUT2D eigenvalue weighted by molar-refractivity contribution is 6.36. The Hall–Kier alpha value is -2.64. The minimum absolute atomic E-state index is 0.139. The van der Waals surface area contributed by atoms with Crippen LogP contribution in [-0.2, 0) is 9.53 Å². The van der Waals surface area contributed by atoms with E-state index in [1.54, 1.807) is 18.2 Å². The largest absolute Gasteiger partial charge is 0.444 e. The zero-order valence-electron chi connectivity index (χ0n) is 13.4. The van der Waals surface area contributed by atoms with Crippen molar-refractivity contribution in [3.05, 3.63) is 69.5 Å². The second-order valence-electron chi connectivity index (χ2n) is 5.01. The molecule has 0 saturated carbocycles. The van der Waals surface area contributed by atoms with Crippen LogP contribution in [0.4, 0.5) is 9.18 Å². The van der Waals surface area contributed by atoms with Crippen LogP contribution in [0.1, 0.15) is 22.0 Å². The normalized spacial score (nSPS) is 11.4. The van der Waals surface area contributed by atoms with Crippen molar-refractivity contribution in [2.45, 2.75) is 6.10 Å². The lowest BCUT2D eigenvalue weighted by Gasteiger charge is -2.18. The molecule has 9 heteroatoms. The number of hydrogen-bond donors (Lipinski definition) is 2. The number of ether oxygens (including phenoxy) is 1. The van der Waals surface area contributed by atoms with E-state index in [9.17, 15) is 18.8 Å². The monoisotopic (exact) mass is 398 g/mol. The lowest BCUT2D eigenvalue weighted by atomic mass is 10.1. The molecule has 136 valence electrons. The molecule has 0 radical (unpaired) electrons. The van der Waals surface area contributed by atoms with Gasteiger partial charge in [0, 0.05) is 12.6 Å². The molecule has 0 aliphatic carbocycles. The van der Waals surface area contributed by atoms with Gasteiger partial charge < -0.3 is 10.1 Å². The Kier molecular flexibility index (Phi) is 6.54. The van der Waals surface area contributed by atoms with Gasteiger partial charge in [0.25, 0.3) is 5.91 Å². The summed E-state index contributed by atoms with van der Waals surface area (Å²) in [6, 6.07) is 9.10. The van der Waals surface area contributed by atoms with Crippen molar-refractivity contribution < 1.29 is 23.5 Å². The number of imide groups is 1. The molecule has 6 nitrogen and oxygen atoms in total. The molecule has 0 bridgehead atoms. The quantitative estimate of drug-likeness (QED) is 0.609. The van der Waals surface area contributed by atoms with Crippen LogP contribution in [0.25, 0.3) is 0 Å². The molecule has 0 aliphatic heterocycles. The Morgan fingerprint density at radius 1 is 1.08 bits per heavy atom. The molecule has 2 rings (SSSR count). The highest BCUT2D eigenvalue weighted by Crippen LogP contribution is 2.27. The highest BCUT2D eigenvalue weighted by Gasteiger charge is 2.28. The van der Waals surface area contributed by atoms with Gasteiger partial charge in [0.2, 0.25) is 6.10 Å². The van der Waals surface area contributed by atoms with E-state index >= 15 is 0 Å². The van der Waals surface area contributed by atoms with E-state index in [0.29, 0.717) is 5.56 Å². The maximum atomic E-state index is 13.6. The fourth-order valence-corrected chi connectivity index (χ4v) is 2.45. The van der Waals surface area contributed by atoms with Crippen LogP contribution in [-0.4, -0.2) is 25.0 Å². The molecule has 0 aromatic heterocycles. The number of hydrogen-bond acceptors (Lipinski definition) is 4. The van der Waals surface area contributed by atoms with Crippen LogP contribution in [0.3, 0.4) is 0 Å². The number of rotatable bonds is 4. The summed E-state index contributed by atoms with van der Waals surface area (Å²) in [5, 5.41) is 3.84. The predicted octanol–water partition coefficient (Wildman–Crippen LogP) is 3.49. The Morgan fingerprint density at radius 2 is 1.73 bits per heavy atom. The van der Waals surface area contributed by atoms with E-state index < -0.39 is 29.8 Å². The molecule has 3 amide bonds. The molecule has 26 heavy (non-hydrogen) atoms. The van der Waals surface area contributed by atoms with Gasteiger partial charge in [-0.1, -0.05) is 53.5 Å². The highest BCUT2D eigenvalue weighted by atomic mass is 35.5. The van der Waals surface area contributed by atoms with Crippen molar-refractivity contribution in [3.63, 3.8) is 0 Å². The molecular formula is C17H13Cl2FN2O4. The number of benzene rings is 2. The van der Waals surface area contributed by atoms with Gasteiger partial charge in [-0.2, -0.15) is 0 Å². The maximum absolute atomic E-state index is 13.6. The van der Waals surface area contributed by atoms with Gasteiger partial charge in [-0.25, -0.2) is 14.0 Å². The fourth-order valence-electron chi connectivity index (χ4n) is 1.99. The number of carbonyl (C=O) groups is 3. The lowest BCUT2D eigenvalue weighted by molar-refractivity contribution is -0.129. The van der Waals surface area contributed by atoms with Crippen LogP contribution in [0.15, 0.2) is 42.5 Å². The molecule has 1 atom stereocenters. The predicted molar refractivity (Wildman–Crippen MR) is 93.6 cm³/mol. The Balaban J connectivity index is 2.32. The van der Waals surface area contributed by atoms with Crippen LogP contribution in [0.5, 0.6) is 0 Å². The van der Waals surface area contributed by atoms with Crippen molar-refractivity contribution in [2.24, 2.45) is 0 Å². The third-order valence-corrected chi connectivity index (χ3v) is 3.86. The zero-order chi connectivity index (χ0) is 19.3. The number of halogens is 3. The molecule has 0 fully saturated rings. The van der Waals surface area contributed by atoms with Crippen molar-refractivity contribution in [2.75, 3.05) is 7.05 Å². The molecule has 0 spiro atoms. The SMILES string of the molecule is CNC(=O)NC(=O)[C@@H](OC(=O)c1cc(F)c(Cl)cc1Cl)c1ccccc1. The number of carbonyl (C=O) groups excluding carboxylic acids is 3. The third-order valence-electron chi connectivity index (χ3n) is 3.26. The summed E-state index contributed by atoms with van der Waals surface area (Å²) in [5.74, 6) is -2.80. The van der Waals surface area contributed by atoms with Gasteiger partial charge in [0.05, 0.1) is 15.6 Å². The summed E-state index contributed by atoms with van der Waals surface area (Å²) in [4.78, 5) is 36.1. The van der Waals surface area contributed by atoms with Crippen molar-refractivity contribution >= 4 is 41.1 Å². The van der Waals surface area contributed by atoms with Crippen LogP contribution in [0.2, 0.25) is 10.0 Å². The second kappa shape index (κ2) is 8.64. The van der Waals surface area contributed by atoms with Gasteiger partial charge in [0.15, 0.2) is 0 Å². The number of amides is 3. The van der Waals surface area contributed by atoms with E-state index in [-0.39, 0.29) is 15.6 Å². The van der Waals surface area contributed by atoms with Gasteiger partial charge in [-0.05, 0) is 12.1 Å². The molecule has 2 N–H and O–H groups in total. The Bertz CT molecular complexity index is 846. The van der Waals surface area contributed by atoms with Gasteiger partial charge >= 0.3 is 12.0 Å². The first-order valence-electron chi connectivity index (χ1n) is 7.26. The minimum atomic E-state index is -1.45. The molecule has 2 aromatic carbocycles. The summed E-state index contributed by atoms with van der Waals surface area (Å²) < 4.78 is 18.8. The number of urea groups is 1. The average molecular weight is 399 g/mol. The molecular weight excluding hydrogens is 386 g/mol. The van der Waals surface area contributed by atoms with E-state index in [0.717, 1.165) is 12.1 Å². The summed E-state index contributed by atoms with van der Waals surface area (Å²) >= 11 is 11.5. The van der Waals surface area contributed by atoms with Gasteiger partial charge in [-0.15, -0.1) is 0 Å². The smallest absolute Gasteiger partial charge is 0.340 e. The van der Waals surface area contributed by atoms with Crippen molar-refractivity contribution in [3.8, 4) is 0 Å². The van der Waals surface area contributed by atoms with E-state index in [1.807, 2.05) is 5.32 Å².